The fourth-order valence-corrected chi connectivity index (χ4v) is 3.39. The molecule has 0 bridgehead atoms. The van der Waals surface area contributed by atoms with Crippen LogP contribution in [0.15, 0.2) is 66.2 Å². The molecule has 1 heterocycles. The van der Waals surface area contributed by atoms with Crippen molar-refractivity contribution in [3.05, 3.63) is 82.3 Å². The van der Waals surface area contributed by atoms with Crippen LogP contribution in [0.1, 0.15) is 22.2 Å². The zero-order valence-electron chi connectivity index (χ0n) is 14.1. The number of nitrogens with zero attached hydrogens (tertiary/aromatic N) is 1. The molecule has 1 aromatic heterocycles. The van der Waals surface area contributed by atoms with Crippen molar-refractivity contribution in [3.8, 4) is 5.75 Å². The van der Waals surface area contributed by atoms with E-state index in [9.17, 15) is 5.11 Å². The van der Waals surface area contributed by atoms with Crippen LogP contribution in [0.5, 0.6) is 5.75 Å². The van der Waals surface area contributed by atoms with Crippen molar-refractivity contribution in [3.63, 3.8) is 0 Å². The quantitative estimate of drug-likeness (QED) is 0.649. The molecule has 5 heteroatoms. The van der Waals surface area contributed by atoms with E-state index in [0.29, 0.717) is 6.54 Å². The van der Waals surface area contributed by atoms with Crippen LogP contribution >= 0.6 is 11.3 Å². The molecule has 0 saturated carbocycles. The van der Waals surface area contributed by atoms with Crippen LogP contribution in [-0.2, 0) is 13.0 Å². The molecule has 0 spiro atoms. The van der Waals surface area contributed by atoms with Gasteiger partial charge >= 0.3 is 0 Å². The lowest BCUT2D eigenvalue weighted by atomic mass is 10.0. The van der Waals surface area contributed by atoms with Crippen molar-refractivity contribution < 1.29 is 9.84 Å². The number of aliphatic hydroxyl groups excluding tert-OH is 1. The monoisotopic (exact) mass is 354 g/mol. The SMILES string of the molecule is COc1ccc(CN[C@@H](Cc2ccccc2)[C@@H](O)c2nccs2)cc1. The van der Waals surface area contributed by atoms with Crippen molar-refractivity contribution in [2.24, 2.45) is 0 Å². The Hall–Kier alpha value is -2.21. The molecule has 0 saturated heterocycles. The van der Waals surface area contributed by atoms with Crippen molar-refractivity contribution in [1.29, 1.82) is 0 Å². The average Bonchev–Trinajstić information content (AvgIpc) is 3.20. The Morgan fingerprint density at radius 1 is 1.08 bits per heavy atom. The Bertz CT molecular complexity index is 745. The standard InChI is InChI=1S/C20H22N2O2S/c1-24-17-9-7-16(8-10-17)14-22-18(13-15-5-3-2-4-6-15)19(23)20-21-11-12-25-20/h2-12,18-19,22-23H,13-14H2,1H3/t18-,19+/m0/s1. The number of methoxy groups -OCH3 is 1. The molecule has 0 unspecified atom stereocenters. The summed E-state index contributed by atoms with van der Waals surface area (Å²) in [4.78, 5) is 4.27. The Labute approximate surface area is 152 Å². The van der Waals surface area contributed by atoms with Crippen molar-refractivity contribution in [1.82, 2.24) is 10.3 Å². The van der Waals surface area contributed by atoms with Gasteiger partial charge < -0.3 is 15.2 Å². The summed E-state index contributed by atoms with van der Waals surface area (Å²) in [6.07, 6.45) is 1.82. The van der Waals surface area contributed by atoms with E-state index < -0.39 is 6.10 Å². The van der Waals surface area contributed by atoms with Crippen molar-refractivity contribution in [2.45, 2.75) is 25.1 Å². The highest BCUT2D eigenvalue weighted by molar-refractivity contribution is 7.09. The van der Waals surface area contributed by atoms with Crippen molar-refractivity contribution >= 4 is 11.3 Å². The van der Waals surface area contributed by atoms with Gasteiger partial charge in [0.05, 0.1) is 7.11 Å². The number of hydrogen-bond acceptors (Lipinski definition) is 5. The second kappa shape index (κ2) is 8.76. The third-order valence-corrected chi connectivity index (χ3v) is 4.96. The Morgan fingerprint density at radius 3 is 2.48 bits per heavy atom. The number of ether oxygens (including phenoxy) is 1. The minimum absolute atomic E-state index is 0.115. The summed E-state index contributed by atoms with van der Waals surface area (Å²) < 4.78 is 5.19. The molecule has 0 radical (unpaired) electrons. The Kier molecular flexibility index (Phi) is 6.17. The van der Waals surface area contributed by atoms with Gasteiger partial charge in [0.1, 0.15) is 16.9 Å². The lowest BCUT2D eigenvalue weighted by molar-refractivity contribution is 0.126. The minimum Gasteiger partial charge on any atom is -0.497 e. The molecule has 130 valence electrons. The van der Waals surface area contributed by atoms with Crippen LogP contribution in [0.2, 0.25) is 0 Å². The maximum atomic E-state index is 10.8. The molecule has 0 aliphatic carbocycles. The molecule has 0 amide bonds. The van der Waals surface area contributed by atoms with Gasteiger partial charge in [-0.2, -0.15) is 0 Å². The van der Waals surface area contributed by atoms with Crippen LogP contribution < -0.4 is 10.1 Å². The minimum atomic E-state index is -0.640. The van der Waals surface area contributed by atoms with Crippen LogP contribution in [0.3, 0.4) is 0 Å². The van der Waals surface area contributed by atoms with Gasteiger partial charge in [-0.25, -0.2) is 4.98 Å². The maximum absolute atomic E-state index is 10.8. The summed E-state index contributed by atoms with van der Waals surface area (Å²) >= 11 is 1.48. The molecule has 0 fully saturated rings. The first-order valence-corrected chi connectivity index (χ1v) is 9.12. The average molecular weight is 354 g/mol. The molecule has 3 rings (SSSR count). The number of hydrogen-bond donors (Lipinski definition) is 2. The lowest BCUT2D eigenvalue weighted by Gasteiger charge is -2.23. The van der Waals surface area contributed by atoms with Gasteiger partial charge in [0.2, 0.25) is 0 Å². The number of thiazole rings is 1. The zero-order valence-corrected chi connectivity index (χ0v) is 14.9. The molecule has 2 N–H and O–H groups in total. The number of aliphatic hydroxyl groups is 1. The fraction of sp³-hybridized carbons (Fsp3) is 0.250. The third-order valence-electron chi connectivity index (χ3n) is 4.11. The van der Waals surface area contributed by atoms with Crippen LogP contribution in [0.25, 0.3) is 0 Å². The molecule has 2 atom stereocenters. The number of nitrogens with one attached hydrogen (secondary N) is 1. The molecule has 3 aromatic rings. The fourth-order valence-electron chi connectivity index (χ4n) is 2.71. The van der Waals surface area contributed by atoms with Gasteiger partial charge in [-0.3, -0.25) is 0 Å². The van der Waals surface area contributed by atoms with Crippen LogP contribution in [0, 0.1) is 0 Å². The predicted octanol–water partition coefficient (Wildman–Crippen LogP) is 3.59. The Balaban J connectivity index is 1.70. The first-order chi connectivity index (χ1) is 12.3. The summed E-state index contributed by atoms with van der Waals surface area (Å²) in [5.41, 5.74) is 2.33. The van der Waals surface area contributed by atoms with Gasteiger partial charge in [-0.05, 0) is 29.7 Å². The maximum Gasteiger partial charge on any atom is 0.123 e. The summed E-state index contributed by atoms with van der Waals surface area (Å²) in [7, 11) is 1.66. The van der Waals surface area contributed by atoms with E-state index >= 15 is 0 Å². The van der Waals surface area contributed by atoms with E-state index in [0.717, 1.165) is 22.7 Å². The number of aromatic nitrogens is 1. The van der Waals surface area contributed by atoms with E-state index in [-0.39, 0.29) is 6.04 Å². The predicted molar refractivity (Wildman–Crippen MR) is 101 cm³/mol. The van der Waals surface area contributed by atoms with Gasteiger partial charge in [-0.15, -0.1) is 11.3 Å². The first kappa shape index (κ1) is 17.6. The molecular formula is C20H22N2O2S. The molecule has 0 aliphatic heterocycles. The third kappa shape index (κ3) is 4.89. The number of rotatable bonds is 8. The summed E-state index contributed by atoms with van der Waals surface area (Å²) in [5.74, 6) is 0.840. The summed E-state index contributed by atoms with van der Waals surface area (Å²) in [5, 5.41) is 16.9. The molecule has 2 aromatic carbocycles. The highest BCUT2D eigenvalue weighted by Gasteiger charge is 2.23. The second-order valence-electron chi connectivity index (χ2n) is 5.84. The highest BCUT2D eigenvalue weighted by Crippen LogP contribution is 2.22. The lowest BCUT2D eigenvalue weighted by Crippen LogP contribution is -2.36. The highest BCUT2D eigenvalue weighted by atomic mass is 32.1. The number of benzene rings is 2. The van der Waals surface area contributed by atoms with Crippen molar-refractivity contribution in [2.75, 3.05) is 7.11 Å². The van der Waals surface area contributed by atoms with Gasteiger partial charge in [0.15, 0.2) is 0 Å². The first-order valence-electron chi connectivity index (χ1n) is 8.24. The topological polar surface area (TPSA) is 54.4 Å². The van der Waals surface area contributed by atoms with E-state index in [1.807, 2.05) is 47.8 Å². The molecule has 4 nitrogen and oxygen atoms in total. The molecular weight excluding hydrogens is 332 g/mol. The van der Waals surface area contributed by atoms with E-state index in [1.54, 1.807) is 13.3 Å². The van der Waals surface area contributed by atoms with E-state index in [4.69, 9.17) is 4.74 Å². The van der Waals surface area contributed by atoms with Crippen LogP contribution in [-0.4, -0.2) is 23.2 Å². The second-order valence-corrected chi connectivity index (χ2v) is 6.77. The van der Waals surface area contributed by atoms with Crippen LogP contribution in [0.4, 0.5) is 0 Å². The Morgan fingerprint density at radius 2 is 1.84 bits per heavy atom. The molecule has 25 heavy (non-hydrogen) atoms. The summed E-state index contributed by atoms with van der Waals surface area (Å²) in [6, 6.07) is 18.0. The van der Waals surface area contributed by atoms with E-state index in [2.05, 4.69) is 22.4 Å². The zero-order chi connectivity index (χ0) is 17.5. The van der Waals surface area contributed by atoms with Gasteiger partial charge in [-0.1, -0.05) is 42.5 Å². The summed E-state index contributed by atoms with van der Waals surface area (Å²) in [6.45, 7) is 0.671. The van der Waals surface area contributed by atoms with Gasteiger partial charge in [0, 0.05) is 24.2 Å². The van der Waals surface area contributed by atoms with Gasteiger partial charge in [0.25, 0.3) is 0 Å². The largest absolute Gasteiger partial charge is 0.497 e. The molecule has 0 aliphatic rings. The normalized spacial score (nSPS) is 13.4. The smallest absolute Gasteiger partial charge is 0.123 e. The van der Waals surface area contributed by atoms with E-state index in [1.165, 1.54) is 16.9 Å².